The standard InChI is InChI=1S/C32H37N3O8S/c1-32(18-33-14-22-6-2-4-8-24(22)36,19-34-15-23-7-3-5-9-25(23)37)35-30(41)21-12-10-20(11-13-21)16-44-17-26(38)29-27(39)28(40)31(42)43-29/h2-13,26,29,33-34,36-40H,14-19H2,1H3,(H,35,41). The van der Waals surface area contributed by atoms with Gasteiger partial charge < -0.3 is 46.2 Å². The Morgan fingerprint density at radius 2 is 1.43 bits per heavy atom. The molecule has 4 rings (SSSR count). The van der Waals surface area contributed by atoms with Crippen LogP contribution < -0.4 is 16.0 Å². The van der Waals surface area contributed by atoms with Crippen LogP contribution in [-0.2, 0) is 28.4 Å². The fourth-order valence-electron chi connectivity index (χ4n) is 4.63. The van der Waals surface area contributed by atoms with E-state index in [0.717, 1.165) is 16.7 Å². The molecule has 0 bridgehead atoms. The van der Waals surface area contributed by atoms with Crippen molar-refractivity contribution in [1.82, 2.24) is 16.0 Å². The number of carbonyl (C=O) groups is 2. The number of aliphatic hydroxyl groups is 3. The molecule has 11 nitrogen and oxygen atoms in total. The first-order valence-corrected chi connectivity index (χ1v) is 15.2. The van der Waals surface area contributed by atoms with E-state index in [1.165, 1.54) is 11.8 Å². The number of phenolic OH excluding ortho intramolecular Hbond substituents is 2. The molecular weight excluding hydrogens is 586 g/mol. The number of esters is 1. The van der Waals surface area contributed by atoms with Crippen LogP contribution in [0.5, 0.6) is 11.5 Å². The van der Waals surface area contributed by atoms with Gasteiger partial charge in [-0.05, 0) is 36.8 Å². The number of amides is 1. The summed E-state index contributed by atoms with van der Waals surface area (Å²) < 4.78 is 4.78. The third kappa shape index (κ3) is 8.66. The van der Waals surface area contributed by atoms with E-state index in [0.29, 0.717) is 37.5 Å². The number of phenols is 2. The highest BCUT2D eigenvalue weighted by molar-refractivity contribution is 7.98. The molecule has 44 heavy (non-hydrogen) atoms. The second kappa shape index (κ2) is 15.0. The van der Waals surface area contributed by atoms with Crippen molar-refractivity contribution in [3.05, 3.63) is 107 Å². The van der Waals surface area contributed by atoms with Crippen LogP contribution in [0.25, 0.3) is 0 Å². The van der Waals surface area contributed by atoms with Gasteiger partial charge in [-0.15, -0.1) is 0 Å². The Morgan fingerprint density at radius 3 is 1.93 bits per heavy atom. The lowest BCUT2D eigenvalue weighted by atomic mass is 10.00. The molecule has 0 saturated heterocycles. The normalized spacial score (nSPS) is 15.7. The number of rotatable bonds is 15. The maximum absolute atomic E-state index is 13.3. The van der Waals surface area contributed by atoms with E-state index < -0.39 is 35.2 Å². The third-order valence-electron chi connectivity index (χ3n) is 7.12. The largest absolute Gasteiger partial charge is 0.508 e. The molecule has 234 valence electrons. The summed E-state index contributed by atoms with van der Waals surface area (Å²) in [6, 6.07) is 21.1. The first-order valence-electron chi connectivity index (χ1n) is 14.0. The highest BCUT2D eigenvalue weighted by Crippen LogP contribution is 2.24. The van der Waals surface area contributed by atoms with E-state index in [-0.39, 0.29) is 23.2 Å². The zero-order valence-corrected chi connectivity index (χ0v) is 25.0. The molecule has 0 aliphatic carbocycles. The Hall–Kier alpha value is -4.23. The van der Waals surface area contributed by atoms with E-state index in [2.05, 4.69) is 16.0 Å². The van der Waals surface area contributed by atoms with Gasteiger partial charge in [-0.3, -0.25) is 4.79 Å². The van der Waals surface area contributed by atoms with Gasteiger partial charge in [0, 0.05) is 54.4 Å². The molecule has 0 aromatic heterocycles. The summed E-state index contributed by atoms with van der Waals surface area (Å²) in [5, 5.41) is 59.4. The monoisotopic (exact) mass is 623 g/mol. The Kier molecular flexibility index (Phi) is 11.1. The molecule has 3 aromatic rings. The Bertz CT molecular complexity index is 1430. The van der Waals surface area contributed by atoms with E-state index >= 15 is 0 Å². The van der Waals surface area contributed by atoms with Crippen molar-refractivity contribution in [3.8, 4) is 11.5 Å². The maximum Gasteiger partial charge on any atom is 0.377 e. The van der Waals surface area contributed by atoms with Crippen LogP contribution in [0.4, 0.5) is 0 Å². The minimum Gasteiger partial charge on any atom is -0.508 e. The maximum atomic E-state index is 13.3. The van der Waals surface area contributed by atoms with Crippen LogP contribution in [0.2, 0.25) is 0 Å². The van der Waals surface area contributed by atoms with Crippen molar-refractivity contribution < 1.29 is 39.9 Å². The van der Waals surface area contributed by atoms with Gasteiger partial charge in [0.1, 0.15) is 17.6 Å². The van der Waals surface area contributed by atoms with E-state index in [9.17, 15) is 35.1 Å². The van der Waals surface area contributed by atoms with Gasteiger partial charge in [0.15, 0.2) is 11.9 Å². The molecule has 0 spiro atoms. The molecule has 0 radical (unpaired) electrons. The van der Waals surface area contributed by atoms with Gasteiger partial charge in [-0.2, -0.15) is 11.8 Å². The summed E-state index contributed by atoms with van der Waals surface area (Å²) in [4.78, 5) is 24.7. The lowest BCUT2D eigenvalue weighted by Crippen LogP contribution is -2.58. The second-order valence-corrected chi connectivity index (χ2v) is 11.8. The van der Waals surface area contributed by atoms with Crippen molar-refractivity contribution in [2.75, 3.05) is 18.8 Å². The number of thioether (sulfide) groups is 1. The molecule has 1 heterocycles. The number of hydrogen-bond donors (Lipinski definition) is 8. The molecule has 8 N–H and O–H groups in total. The second-order valence-electron chi connectivity index (χ2n) is 10.8. The average Bonchev–Trinajstić information content (AvgIpc) is 3.26. The molecule has 1 amide bonds. The minimum absolute atomic E-state index is 0.136. The summed E-state index contributed by atoms with van der Waals surface area (Å²) in [5.74, 6) is -1.91. The summed E-state index contributed by atoms with van der Waals surface area (Å²) >= 11 is 1.34. The van der Waals surface area contributed by atoms with Gasteiger partial charge in [-0.25, -0.2) is 4.79 Å². The average molecular weight is 624 g/mol. The molecule has 12 heteroatoms. The van der Waals surface area contributed by atoms with Gasteiger partial charge in [-0.1, -0.05) is 48.5 Å². The van der Waals surface area contributed by atoms with Crippen molar-refractivity contribution in [2.45, 2.75) is 43.5 Å². The van der Waals surface area contributed by atoms with E-state index in [4.69, 9.17) is 4.74 Å². The van der Waals surface area contributed by atoms with Crippen LogP contribution in [0.3, 0.4) is 0 Å². The highest BCUT2D eigenvalue weighted by atomic mass is 32.2. The summed E-state index contributed by atoms with van der Waals surface area (Å²) in [7, 11) is 0. The Labute approximate surface area is 259 Å². The number of cyclic esters (lactones) is 1. The van der Waals surface area contributed by atoms with Crippen molar-refractivity contribution in [2.24, 2.45) is 0 Å². The molecule has 0 saturated carbocycles. The molecule has 2 unspecified atom stereocenters. The molecular formula is C32H37N3O8S. The number of carbonyl (C=O) groups excluding carboxylic acids is 2. The number of aromatic hydroxyl groups is 2. The van der Waals surface area contributed by atoms with Crippen LogP contribution in [0.15, 0.2) is 84.3 Å². The molecule has 1 aliphatic heterocycles. The van der Waals surface area contributed by atoms with Gasteiger partial charge in [0.25, 0.3) is 5.91 Å². The number of para-hydroxylation sites is 2. The number of benzene rings is 3. The zero-order valence-electron chi connectivity index (χ0n) is 24.2. The smallest absolute Gasteiger partial charge is 0.377 e. The Balaban J connectivity index is 1.33. The highest BCUT2D eigenvalue weighted by Gasteiger charge is 2.39. The van der Waals surface area contributed by atoms with Crippen LogP contribution in [0.1, 0.15) is 34.0 Å². The summed E-state index contributed by atoms with van der Waals surface area (Å²) in [5.41, 5.74) is 2.07. The number of ether oxygens (including phenoxy) is 1. The van der Waals surface area contributed by atoms with Gasteiger partial charge in [0.2, 0.25) is 5.76 Å². The van der Waals surface area contributed by atoms with Crippen LogP contribution >= 0.6 is 11.8 Å². The number of hydrogen-bond acceptors (Lipinski definition) is 11. The van der Waals surface area contributed by atoms with Crippen molar-refractivity contribution in [3.63, 3.8) is 0 Å². The number of nitrogens with one attached hydrogen (secondary N) is 3. The van der Waals surface area contributed by atoms with Crippen molar-refractivity contribution >= 4 is 23.6 Å². The molecule has 2 atom stereocenters. The third-order valence-corrected chi connectivity index (χ3v) is 8.24. The van der Waals surface area contributed by atoms with E-state index in [1.54, 1.807) is 48.5 Å². The lowest BCUT2D eigenvalue weighted by Gasteiger charge is -2.32. The SMILES string of the molecule is CC(CNCc1ccccc1O)(CNCc1ccccc1O)NC(=O)c1ccc(CSCC(O)C2OC(=O)C(O)=C2O)cc1. The Morgan fingerprint density at radius 1 is 0.886 bits per heavy atom. The molecule has 0 fully saturated rings. The predicted molar refractivity (Wildman–Crippen MR) is 166 cm³/mol. The quantitative estimate of drug-likeness (QED) is 0.117. The topological polar surface area (TPSA) is 181 Å². The fourth-order valence-corrected chi connectivity index (χ4v) is 5.59. The minimum atomic E-state index is -1.30. The first-order chi connectivity index (χ1) is 21.1. The van der Waals surface area contributed by atoms with Crippen LogP contribution in [0, 0.1) is 0 Å². The van der Waals surface area contributed by atoms with Gasteiger partial charge >= 0.3 is 5.97 Å². The lowest BCUT2D eigenvalue weighted by molar-refractivity contribution is -0.146. The number of aliphatic hydroxyl groups excluding tert-OH is 3. The van der Waals surface area contributed by atoms with Crippen molar-refractivity contribution in [1.29, 1.82) is 0 Å². The fraction of sp³-hybridized carbons (Fsp3) is 0.312. The summed E-state index contributed by atoms with van der Waals surface area (Å²) in [6.07, 6.45) is -2.49. The molecule has 1 aliphatic rings. The predicted octanol–water partition coefficient (Wildman–Crippen LogP) is 3.01. The zero-order chi connectivity index (χ0) is 31.7. The van der Waals surface area contributed by atoms with Crippen LogP contribution in [-0.4, -0.2) is 74.0 Å². The molecule has 3 aromatic carbocycles. The summed E-state index contributed by atoms with van der Waals surface area (Å²) in [6.45, 7) is 3.48. The van der Waals surface area contributed by atoms with E-state index in [1.807, 2.05) is 31.2 Å². The first kappa shape index (κ1) is 32.7. The van der Waals surface area contributed by atoms with Gasteiger partial charge in [0.05, 0.1) is 5.54 Å².